The lowest BCUT2D eigenvalue weighted by Gasteiger charge is -2.12. The van der Waals surface area contributed by atoms with Gasteiger partial charge in [0.2, 0.25) is 10.0 Å². The summed E-state index contributed by atoms with van der Waals surface area (Å²) in [5.41, 5.74) is 0. The van der Waals surface area contributed by atoms with E-state index in [9.17, 15) is 8.42 Å². The third-order valence-electron chi connectivity index (χ3n) is 2.57. The van der Waals surface area contributed by atoms with Crippen molar-refractivity contribution in [3.63, 3.8) is 0 Å². The van der Waals surface area contributed by atoms with Crippen LogP contribution in [0.2, 0.25) is 0 Å². The van der Waals surface area contributed by atoms with Crippen molar-refractivity contribution < 1.29 is 8.42 Å². The standard InChI is InChI=1S/C13H15NO2S2/c1-10-8-9-13(17-10)11(2)14-18(15,16)12-6-4-3-5-7-12/h3-9,11,14H,1-2H3. The Morgan fingerprint density at radius 3 is 2.33 bits per heavy atom. The van der Waals surface area contributed by atoms with Crippen molar-refractivity contribution in [2.75, 3.05) is 0 Å². The Bertz CT molecular complexity index is 617. The molecule has 0 radical (unpaired) electrons. The first-order valence-corrected chi connectivity index (χ1v) is 7.93. The molecule has 0 spiro atoms. The average Bonchev–Trinajstić information content (AvgIpc) is 2.77. The molecule has 96 valence electrons. The molecule has 1 N–H and O–H groups in total. The van der Waals surface area contributed by atoms with Gasteiger partial charge >= 0.3 is 0 Å². The molecule has 1 atom stereocenters. The van der Waals surface area contributed by atoms with E-state index in [1.54, 1.807) is 41.7 Å². The quantitative estimate of drug-likeness (QED) is 0.936. The predicted molar refractivity (Wildman–Crippen MR) is 74.2 cm³/mol. The largest absolute Gasteiger partial charge is 0.241 e. The summed E-state index contributed by atoms with van der Waals surface area (Å²) in [5.74, 6) is 0. The third kappa shape index (κ3) is 2.98. The van der Waals surface area contributed by atoms with Crippen LogP contribution in [-0.2, 0) is 10.0 Å². The van der Waals surface area contributed by atoms with E-state index >= 15 is 0 Å². The zero-order valence-electron chi connectivity index (χ0n) is 10.3. The Labute approximate surface area is 112 Å². The number of aryl methyl sites for hydroxylation is 1. The summed E-state index contributed by atoms with van der Waals surface area (Å²) < 4.78 is 26.9. The zero-order chi connectivity index (χ0) is 13.2. The van der Waals surface area contributed by atoms with E-state index in [-0.39, 0.29) is 6.04 Å². The van der Waals surface area contributed by atoms with Gasteiger partial charge in [0, 0.05) is 9.75 Å². The number of nitrogens with one attached hydrogen (secondary N) is 1. The van der Waals surface area contributed by atoms with Crippen LogP contribution >= 0.6 is 11.3 Å². The fraction of sp³-hybridized carbons (Fsp3) is 0.231. The summed E-state index contributed by atoms with van der Waals surface area (Å²) in [4.78, 5) is 2.49. The lowest BCUT2D eigenvalue weighted by atomic mass is 10.3. The Morgan fingerprint density at radius 2 is 1.78 bits per heavy atom. The van der Waals surface area contributed by atoms with Gasteiger partial charge in [-0.05, 0) is 38.1 Å². The highest BCUT2D eigenvalue weighted by molar-refractivity contribution is 7.89. The van der Waals surface area contributed by atoms with Crippen molar-refractivity contribution in [2.45, 2.75) is 24.8 Å². The Hall–Kier alpha value is -1.17. The molecule has 5 heteroatoms. The number of benzene rings is 1. The third-order valence-corrected chi connectivity index (χ3v) is 5.31. The van der Waals surface area contributed by atoms with E-state index in [1.807, 2.05) is 26.0 Å². The number of hydrogen-bond donors (Lipinski definition) is 1. The maximum absolute atomic E-state index is 12.1. The molecule has 1 aromatic heterocycles. The minimum Gasteiger partial charge on any atom is -0.207 e. The van der Waals surface area contributed by atoms with Gasteiger partial charge in [-0.15, -0.1) is 11.3 Å². The second-order valence-electron chi connectivity index (χ2n) is 4.10. The van der Waals surface area contributed by atoms with Crippen LogP contribution < -0.4 is 4.72 Å². The molecule has 0 aliphatic heterocycles. The summed E-state index contributed by atoms with van der Waals surface area (Å²) >= 11 is 1.60. The molecule has 0 fully saturated rings. The lowest BCUT2D eigenvalue weighted by Crippen LogP contribution is -2.26. The lowest BCUT2D eigenvalue weighted by molar-refractivity contribution is 0.568. The molecule has 0 saturated carbocycles. The summed E-state index contributed by atoms with van der Waals surface area (Å²) in [6.45, 7) is 3.86. The normalized spacial score (nSPS) is 13.4. The van der Waals surface area contributed by atoms with Gasteiger partial charge in [0.15, 0.2) is 0 Å². The van der Waals surface area contributed by atoms with Crippen molar-refractivity contribution in [3.8, 4) is 0 Å². The minimum atomic E-state index is -3.44. The molecule has 1 unspecified atom stereocenters. The van der Waals surface area contributed by atoms with Crippen LogP contribution in [0.3, 0.4) is 0 Å². The highest BCUT2D eigenvalue weighted by Gasteiger charge is 2.18. The topological polar surface area (TPSA) is 46.2 Å². The van der Waals surface area contributed by atoms with Crippen LogP contribution in [0.15, 0.2) is 47.4 Å². The van der Waals surface area contributed by atoms with Crippen molar-refractivity contribution in [2.24, 2.45) is 0 Å². The van der Waals surface area contributed by atoms with Crippen molar-refractivity contribution >= 4 is 21.4 Å². The first-order chi connectivity index (χ1) is 8.49. The summed E-state index contributed by atoms with van der Waals surface area (Å²) in [6.07, 6.45) is 0. The number of thiophene rings is 1. The molecule has 2 aromatic rings. The van der Waals surface area contributed by atoms with Gasteiger partial charge in [-0.1, -0.05) is 18.2 Å². The van der Waals surface area contributed by atoms with Gasteiger partial charge in [0.25, 0.3) is 0 Å². The predicted octanol–water partition coefficient (Wildman–Crippen LogP) is 3.10. The second-order valence-corrected chi connectivity index (χ2v) is 7.14. The van der Waals surface area contributed by atoms with Gasteiger partial charge in [-0.25, -0.2) is 13.1 Å². The Balaban J connectivity index is 2.19. The minimum absolute atomic E-state index is 0.214. The average molecular weight is 281 g/mol. The number of rotatable bonds is 4. The monoisotopic (exact) mass is 281 g/mol. The first-order valence-electron chi connectivity index (χ1n) is 5.63. The van der Waals surface area contributed by atoms with E-state index in [0.29, 0.717) is 4.90 Å². The summed E-state index contributed by atoms with van der Waals surface area (Å²) in [5, 5.41) is 0. The molecule has 1 heterocycles. The zero-order valence-corrected chi connectivity index (χ0v) is 11.9. The molecule has 2 rings (SSSR count). The van der Waals surface area contributed by atoms with Crippen LogP contribution in [0.5, 0.6) is 0 Å². The molecule has 1 aromatic carbocycles. The molecule has 0 aliphatic carbocycles. The molecule has 0 bridgehead atoms. The molecule has 3 nitrogen and oxygen atoms in total. The second kappa shape index (κ2) is 5.22. The SMILES string of the molecule is Cc1ccc(C(C)NS(=O)(=O)c2ccccc2)s1. The smallest absolute Gasteiger partial charge is 0.207 e. The maximum Gasteiger partial charge on any atom is 0.241 e. The van der Waals surface area contributed by atoms with Crippen LogP contribution in [0.1, 0.15) is 22.7 Å². The van der Waals surface area contributed by atoms with Crippen molar-refractivity contribution in [1.29, 1.82) is 0 Å². The fourth-order valence-electron chi connectivity index (χ4n) is 1.64. The first kappa shape index (κ1) is 13.3. The highest BCUT2D eigenvalue weighted by Crippen LogP contribution is 2.23. The number of hydrogen-bond acceptors (Lipinski definition) is 3. The highest BCUT2D eigenvalue weighted by atomic mass is 32.2. The van der Waals surface area contributed by atoms with Gasteiger partial charge in [0.1, 0.15) is 0 Å². The van der Waals surface area contributed by atoms with Crippen LogP contribution in [0.4, 0.5) is 0 Å². The molecule has 0 amide bonds. The summed E-state index contributed by atoms with van der Waals surface area (Å²) in [7, 11) is -3.44. The Morgan fingerprint density at radius 1 is 1.11 bits per heavy atom. The van der Waals surface area contributed by atoms with E-state index in [0.717, 1.165) is 4.88 Å². The Kier molecular flexibility index (Phi) is 3.85. The van der Waals surface area contributed by atoms with E-state index in [2.05, 4.69) is 4.72 Å². The maximum atomic E-state index is 12.1. The van der Waals surface area contributed by atoms with E-state index < -0.39 is 10.0 Å². The molecular formula is C13H15NO2S2. The molecule has 18 heavy (non-hydrogen) atoms. The van der Waals surface area contributed by atoms with Gasteiger partial charge in [-0.2, -0.15) is 0 Å². The van der Waals surface area contributed by atoms with Crippen molar-refractivity contribution in [3.05, 3.63) is 52.2 Å². The number of sulfonamides is 1. The molecule has 0 saturated heterocycles. The van der Waals surface area contributed by atoms with Gasteiger partial charge in [0.05, 0.1) is 10.9 Å². The van der Waals surface area contributed by atoms with Crippen LogP contribution in [0, 0.1) is 6.92 Å². The van der Waals surface area contributed by atoms with Crippen LogP contribution in [0.25, 0.3) is 0 Å². The molecule has 0 aliphatic rings. The van der Waals surface area contributed by atoms with Crippen LogP contribution in [-0.4, -0.2) is 8.42 Å². The molecular weight excluding hydrogens is 266 g/mol. The summed E-state index contributed by atoms with van der Waals surface area (Å²) in [6, 6.07) is 12.2. The fourth-order valence-corrected chi connectivity index (χ4v) is 3.84. The van der Waals surface area contributed by atoms with Crippen molar-refractivity contribution in [1.82, 2.24) is 4.72 Å². The van der Waals surface area contributed by atoms with E-state index in [1.165, 1.54) is 4.88 Å². The van der Waals surface area contributed by atoms with Gasteiger partial charge < -0.3 is 0 Å². The van der Waals surface area contributed by atoms with Gasteiger partial charge in [-0.3, -0.25) is 0 Å². The van der Waals surface area contributed by atoms with E-state index in [4.69, 9.17) is 0 Å².